The quantitative estimate of drug-likeness (QED) is 0.659. The molecule has 1 aromatic carbocycles. The molecule has 0 aliphatic heterocycles. The van der Waals surface area contributed by atoms with Crippen molar-refractivity contribution in [2.75, 3.05) is 7.11 Å². The van der Waals surface area contributed by atoms with E-state index in [1.54, 1.807) is 6.92 Å². The molecule has 1 aromatic rings. The van der Waals surface area contributed by atoms with Crippen molar-refractivity contribution >= 4 is 34.5 Å². The molecule has 1 N–H and O–H groups in total. The molecule has 5 heteroatoms. The van der Waals surface area contributed by atoms with Gasteiger partial charge in [-0.1, -0.05) is 12.1 Å². The minimum atomic E-state index is -1.04. The zero-order valence-electron chi connectivity index (χ0n) is 10.6. The molecule has 0 radical (unpaired) electrons. The lowest BCUT2D eigenvalue weighted by atomic mass is 9.92. The summed E-state index contributed by atoms with van der Waals surface area (Å²) in [5, 5.41) is 2.66. The summed E-state index contributed by atoms with van der Waals surface area (Å²) in [6.45, 7) is 3.05. The van der Waals surface area contributed by atoms with Gasteiger partial charge in [0.25, 0.3) is 0 Å². The first-order chi connectivity index (χ1) is 8.37. The van der Waals surface area contributed by atoms with Crippen LogP contribution in [-0.4, -0.2) is 24.5 Å². The number of methoxy groups -OCH3 is 1. The molecule has 1 rings (SSSR count). The number of rotatable bonds is 4. The van der Waals surface area contributed by atoms with E-state index in [0.29, 0.717) is 6.42 Å². The van der Waals surface area contributed by atoms with Crippen molar-refractivity contribution in [2.24, 2.45) is 0 Å². The molecule has 0 heterocycles. The summed E-state index contributed by atoms with van der Waals surface area (Å²) in [7, 11) is 1.32. The molecule has 0 spiro atoms. The third-order valence-electron chi connectivity index (χ3n) is 2.53. The van der Waals surface area contributed by atoms with E-state index >= 15 is 0 Å². The predicted molar refractivity (Wildman–Crippen MR) is 77.1 cm³/mol. The molecule has 0 bridgehead atoms. The minimum Gasteiger partial charge on any atom is -0.467 e. The number of esters is 1. The second-order valence-corrected chi connectivity index (χ2v) is 5.56. The summed E-state index contributed by atoms with van der Waals surface area (Å²) < 4.78 is 5.85. The normalized spacial score (nSPS) is 13.6. The molecular formula is C13H16INO3. The maximum atomic E-state index is 11.8. The average Bonchev–Trinajstić information content (AvgIpc) is 2.26. The molecule has 0 saturated carbocycles. The SMILES string of the molecule is COC(=O)[C@](C)(Cc1cccc(I)c1)NC(C)=O. The van der Waals surface area contributed by atoms with Crippen LogP contribution in [-0.2, 0) is 20.7 Å². The van der Waals surface area contributed by atoms with E-state index in [4.69, 9.17) is 4.74 Å². The number of hydrogen-bond acceptors (Lipinski definition) is 3. The van der Waals surface area contributed by atoms with Gasteiger partial charge in [0.05, 0.1) is 7.11 Å². The van der Waals surface area contributed by atoms with Gasteiger partial charge in [-0.3, -0.25) is 4.79 Å². The summed E-state index contributed by atoms with van der Waals surface area (Å²) in [4.78, 5) is 23.0. The van der Waals surface area contributed by atoms with Crippen molar-refractivity contribution in [3.63, 3.8) is 0 Å². The Labute approximate surface area is 120 Å². The fourth-order valence-corrected chi connectivity index (χ4v) is 2.44. The summed E-state index contributed by atoms with van der Waals surface area (Å²) in [6, 6.07) is 7.79. The molecule has 0 aliphatic carbocycles. The second kappa shape index (κ2) is 6.17. The number of halogens is 1. The highest BCUT2D eigenvalue weighted by molar-refractivity contribution is 14.1. The number of benzene rings is 1. The van der Waals surface area contributed by atoms with Gasteiger partial charge in [0, 0.05) is 16.9 Å². The van der Waals surface area contributed by atoms with Crippen molar-refractivity contribution in [2.45, 2.75) is 25.8 Å². The van der Waals surface area contributed by atoms with E-state index in [0.717, 1.165) is 9.13 Å². The highest BCUT2D eigenvalue weighted by Crippen LogP contribution is 2.17. The maximum absolute atomic E-state index is 11.8. The lowest BCUT2D eigenvalue weighted by Crippen LogP contribution is -2.53. The maximum Gasteiger partial charge on any atom is 0.331 e. The number of carbonyl (C=O) groups excluding carboxylic acids is 2. The van der Waals surface area contributed by atoms with Crippen LogP contribution in [0.25, 0.3) is 0 Å². The van der Waals surface area contributed by atoms with Crippen molar-refractivity contribution in [1.82, 2.24) is 5.32 Å². The van der Waals surface area contributed by atoms with E-state index in [2.05, 4.69) is 27.9 Å². The van der Waals surface area contributed by atoms with Crippen molar-refractivity contribution in [1.29, 1.82) is 0 Å². The third kappa shape index (κ3) is 3.97. The topological polar surface area (TPSA) is 55.4 Å². The second-order valence-electron chi connectivity index (χ2n) is 4.31. The van der Waals surface area contributed by atoms with E-state index < -0.39 is 11.5 Å². The largest absolute Gasteiger partial charge is 0.467 e. The van der Waals surface area contributed by atoms with Crippen molar-refractivity contribution in [3.05, 3.63) is 33.4 Å². The van der Waals surface area contributed by atoms with Gasteiger partial charge < -0.3 is 10.1 Å². The lowest BCUT2D eigenvalue weighted by molar-refractivity contribution is -0.149. The molecule has 0 aromatic heterocycles. The third-order valence-corrected chi connectivity index (χ3v) is 3.21. The Bertz CT molecular complexity index is 461. The van der Waals surface area contributed by atoms with E-state index in [1.165, 1.54) is 14.0 Å². The predicted octanol–water partition coefficient (Wildman–Crippen LogP) is 1.90. The molecule has 18 heavy (non-hydrogen) atoms. The molecule has 0 aliphatic rings. The first-order valence-electron chi connectivity index (χ1n) is 5.49. The zero-order valence-corrected chi connectivity index (χ0v) is 12.8. The minimum absolute atomic E-state index is 0.256. The number of amides is 1. The Hall–Kier alpha value is -1.11. The number of carbonyl (C=O) groups is 2. The fourth-order valence-electron chi connectivity index (χ4n) is 1.84. The van der Waals surface area contributed by atoms with Crippen LogP contribution < -0.4 is 5.32 Å². The van der Waals surface area contributed by atoms with Gasteiger partial charge in [0.1, 0.15) is 5.54 Å². The van der Waals surface area contributed by atoms with Crippen LogP contribution >= 0.6 is 22.6 Å². The highest BCUT2D eigenvalue weighted by Gasteiger charge is 2.35. The highest BCUT2D eigenvalue weighted by atomic mass is 127. The van der Waals surface area contributed by atoms with E-state index in [-0.39, 0.29) is 5.91 Å². The summed E-state index contributed by atoms with van der Waals surface area (Å²) in [5.41, 5.74) is -0.0612. The van der Waals surface area contributed by atoms with Crippen molar-refractivity contribution in [3.8, 4) is 0 Å². The summed E-state index contributed by atoms with van der Waals surface area (Å²) >= 11 is 2.21. The van der Waals surface area contributed by atoms with Crippen LogP contribution in [0.4, 0.5) is 0 Å². The van der Waals surface area contributed by atoms with Crippen LogP contribution in [0, 0.1) is 3.57 Å². The standard InChI is InChI=1S/C13H16INO3/c1-9(16)15-13(2,12(17)18-3)8-10-5-4-6-11(14)7-10/h4-7H,8H2,1-3H3,(H,15,16)/t13-/m0/s1. The lowest BCUT2D eigenvalue weighted by Gasteiger charge is -2.27. The molecule has 4 nitrogen and oxygen atoms in total. The van der Waals surface area contributed by atoms with Gasteiger partial charge in [-0.15, -0.1) is 0 Å². The Morgan fingerprint density at radius 3 is 2.61 bits per heavy atom. The number of hydrogen-bond donors (Lipinski definition) is 1. The Balaban J connectivity index is 2.98. The molecule has 1 atom stereocenters. The van der Waals surface area contributed by atoms with Gasteiger partial charge in [0.2, 0.25) is 5.91 Å². The summed E-state index contributed by atoms with van der Waals surface area (Å²) in [5.74, 6) is -0.704. The van der Waals surface area contributed by atoms with Crippen LogP contribution in [0.5, 0.6) is 0 Å². The monoisotopic (exact) mass is 361 g/mol. The van der Waals surface area contributed by atoms with Gasteiger partial charge in [-0.2, -0.15) is 0 Å². The van der Waals surface area contributed by atoms with Crippen LogP contribution in [0.15, 0.2) is 24.3 Å². The fraction of sp³-hybridized carbons (Fsp3) is 0.385. The van der Waals surface area contributed by atoms with Crippen LogP contribution in [0.2, 0.25) is 0 Å². The van der Waals surface area contributed by atoms with Crippen LogP contribution in [0.3, 0.4) is 0 Å². The van der Waals surface area contributed by atoms with Crippen LogP contribution in [0.1, 0.15) is 19.4 Å². The molecular weight excluding hydrogens is 345 g/mol. The first kappa shape index (κ1) is 14.9. The van der Waals surface area contributed by atoms with Gasteiger partial charge in [-0.25, -0.2) is 4.79 Å². The summed E-state index contributed by atoms with van der Waals surface area (Å²) in [6.07, 6.45) is 0.399. The number of ether oxygens (including phenoxy) is 1. The Morgan fingerprint density at radius 2 is 2.11 bits per heavy atom. The van der Waals surface area contributed by atoms with Gasteiger partial charge in [-0.05, 0) is 47.2 Å². The first-order valence-corrected chi connectivity index (χ1v) is 6.57. The van der Waals surface area contributed by atoms with Crippen molar-refractivity contribution < 1.29 is 14.3 Å². The molecule has 98 valence electrons. The van der Waals surface area contributed by atoms with Gasteiger partial charge in [0.15, 0.2) is 0 Å². The molecule has 1 amide bonds. The van der Waals surface area contributed by atoms with E-state index in [9.17, 15) is 9.59 Å². The van der Waals surface area contributed by atoms with E-state index in [1.807, 2.05) is 24.3 Å². The Morgan fingerprint density at radius 1 is 1.44 bits per heavy atom. The zero-order chi connectivity index (χ0) is 13.8. The molecule has 0 saturated heterocycles. The average molecular weight is 361 g/mol. The molecule has 0 unspecified atom stereocenters. The smallest absolute Gasteiger partial charge is 0.331 e. The molecule has 0 fully saturated rings. The number of nitrogens with one attached hydrogen (secondary N) is 1. The Kier molecular flexibility index (Phi) is 5.13. The van der Waals surface area contributed by atoms with Gasteiger partial charge >= 0.3 is 5.97 Å².